The van der Waals surface area contributed by atoms with Crippen molar-refractivity contribution >= 4 is 0 Å². The molecule has 25 heavy (non-hydrogen) atoms. The van der Waals surface area contributed by atoms with Crippen molar-refractivity contribution in [2.45, 2.75) is 6.18 Å². The van der Waals surface area contributed by atoms with Gasteiger partial charge in [0.15, 0.2) is 11.6 Å². The van der Waals surface area contributed by atoms with E-state index in [-0.39, 0.29) is 28.4 Å². The van der Waals surface area contributed by atoms with Crippen LogP contribution < -0.4 is 4.74 Å². The summed E-state index contributed by atoms with van der Waals surface area (Å²) < 4.78 is 57.9. The van der Waals surface area contributed by atoms with E-state index in [9.17, 15) is 17.6 Å². The van der Waals surface area contributed by atoms with Crippen molar-refractivity contribution in [1.82, 2.24) is 9.97 Å². The molecule has 0 spiro atoms. The van der Waals surface area contributed by atoms with Crippen LogP contribution in [0.4, 0.5) is 17.6 Å². The summed E-state index contributed by atoms with van der Waals surface area (Å²) in [6.07, 6.45) is -3.17. The lowest BCUT2D eigenvalue weighted by molar-refractivity contribution is -0.137. The summed E-state index contributed by atoms with van der Waals surface area (Å²) in [7, 11) is 1.36. The normalized spacial score (nSPS) is 11.4. The second kappa shape index (κ2) is 6.51. The van der Waals surface area contributed by atoms with Crippen LogP contribution in [0.5, 0.6) is 5.75 Å². The van der Waals surface area contributed by atoms with E-state index in [1.165, 1.54) is 43.6 Å². The lowest BCUT2D eigenvalue weighted by atomic mass is 10.1. The minimum Gasteiger partial charge on any atom is -0.493 e. The van der Waals surface area contributed by atoms with E-state index in [0.717, 1.165) is 12.1 Å². The van der Waals surface area contributed by atoms with Crippen molar-refractivity contribution in [2.24, 2.45) is 0 Å². The van der Waals surface area contributed by atoms with Crippen molar-refractivity contribution in [3.05, 3.63) is 66.1 Å². The number of halogens is 4. The Morgan fingerprint density at radius 3 is 2.44 bits per heavy atom. The molecule has 0 atom stereocenters. The first kappa shape index (κ1) is 16.9. The Labute approximate surface area is 140 Å². The predicted molar refractivity (Wildman–Crippen MR) is 84.4 cm³/mol. The summed E-state index contributed by atoms with van der Waals surface area (Å²) in [6, 6.07) is 10.6. The Hall–Kier alpha value is -2.96. The van der Waals surface area contributed by atoms with Gasteiger partial charge in [0.25, 0.3) is 0 Å². The Morgan fingerprint density at radius 2 is 1.76 bits per heavy atom. The molecule has 3 aromatic rings. The van der Waals surface area contributed by atoms with Gasteiger partial charge in [0, 0.05) is 5.56 Å². The van der Waals surface area contributed by atoms with E-state index in [4.69, 9.17) is 4.74 Å². The molecule has 0 saturated carbocycles. The number of methoxy groups -OCH3 is 1. The van der Waals surface area contributed by atoms with Crippen LogP contribution in [0.2, 0.25) is 0 Å². The van der Waals surface area contributed by atoms with Gasteiger partial charge in [0.1, 0.15) is 11.5 Å². The van der Waals surface area contributed by atoms with Crippen molar-refractivity contribution < 1.29 is 22.3 Å². The van der Waals surface area contributed by atoms with Gasteiger partial charge in [-0.2, -0.15) is 13.2 Å². The van der Waals surface area contributed by atoms with Crippen LogP contribution in [0.1, 0.15) is 5.56 Å². The van der Waals surface area contributed by atoms with Crippen molar-refractivity contribution in [1.29, 1.82) is 0 Å². The Kier molecular flexibility index (Phi) is 4.39. The topological polar surface area (TPSA) is 35.0 Å². The number of nitrogens with zero attached hydrogens (tertiary/aromatic N) is 2. The molecule has 0 fully saturated rings. The fraction of sp³-hybridized carbons (Fsp3) is 0.111. The third-order valence-corrected chi connectivity index (χ3v) is 3.55. The van der Waals surface area contributed by atoms with Gasteiger partial charge >= 0.3 is 6.18 Å². The maximum absolute atomic E-state index is 14.0. The molecule has 0 aliphatic heterocycles. The minimum absolute atomic E-state index is 0.0614. The van der Waals surface area contributed by atoms with E-state index in [1.807, 2.05) is 0 Å². The first-order chi connectivity index (χ1) is 11.9. The van der Waals surface area contributed by atoms with Gasteiger partial charge in [-0.05, 0) is 24.3 Å². The number of hydrogen-bond acceptors (Lipinski definition) is 3. The first-order valence-corrected chi connectivity index (χ1v) is 7.23. The maximum Gasteiger partial charge on any atom is 0.416 e. The van der Waals surface area contributed by atoms with Gasteiger partial charge < -0.3 is 4.74 Å². The van der Waals surface area contributed by atoms with Gasteiger partial charge in [0.2, 0.25) is 0 Å². The van der Waals surface area contributed by atoms with E-state index in [1.54, 1.807) is 6.07 Å². The molecule has 3 rings (SSSR count). The van der Waals surface area contributed by atoms with E-state index in [0.29, 0.717) is 0 Å². The molecule has 1 heterocycles. The average Bonchev–Trinajstić information content (AvgIpc) is 2.61. The lowest BCUT2D eigenvalue weighted by Gasteiger charge is -2.12. The van der Waals surface area contributed by atoms with Gasteiger partial charge in [-0.3, -0.25) is 0 Å². The first-order valence-electron chi connectivity index (χ1n) is 7.23. The molecule has 0 unspecified atom stereocenters. The van der Waals surface area contributed by atoms with Crippen LogP contribution in [0.15, 0.2) is 54.7 Å². The fourth-order valence-electron chi connectivity index (χ4n) is 2.34. The highest BCUT2D eigenvalue weighted by molar-refractivity contribution is 5.69. The van der Waals surface area contributed by atoms with Gasteiger partial charge in [-0.25, -0.2) is 14.4 Å². The SMILES string of the molecule is COc1cnc(-c2ccccc2F)nc1-c1cccc(C(F)(F)F)c1. The molecule has 128 valence electrons. The molecule has 0 saturated heterocycles. The zero-order valence-electron chi connectivity index (χ0n) is 13.0. The summed E-state index contributed by atoms with van der Waals surface area (Å²) in [5.74, 6) is -0.270. The molecule has 7 heteroatoms. The molecule has 0 amide bonds. The molecule has 2 aromatic carbocycles. The molecule has 0 aliphatic carbocycles. The van der Waals surface area contributed by atoms with Crippen LogP contribution in [-0.4, -0.2) is 17.1 Å². The van der Waals surface area contributed by atoms with Crippen molar-refractivity contribution in [2.75, 3.05) is 7.11 Å². The second-order valence-corrected chi connectivity index (χ2v) is 5.17. The molecule has 0 bridgehead atoms. The number of hydrogen-bond donors (Lipinski definition) is 0. The minimum atomic E-state index is -4.48. The number of rotatable bonds is 3. The monoisotopic (exact) mass is 348 g/mol. The number of alkyl halides is 3. The van der Waals surface area contributed by atoms with Gasteiger partial charge in [-0.1, -0.05) is 24.3 Å². The van der Waals surface area contributed by atoms with Crippen LogP contribution in [0.3, 0.4) is 0 Å². The summed E-state index contributed by atoms with van der Waals surface area (Å²) >= 11 is 0. The summed E-state index contributed by atoms with van der Waals surface area (Å²) in [4.78, 5) is 8.26. The maximum atomic E-state index is 14.0. The highest BCUT2D eigenvalue weighted by Gasteiger charge is 2.30. The Balaban J connectivity index is 2.16. The molecular formula is C18H12F4N2O. The number of benzene rings is 2. The Morgan fingerprint density at radius 1 is 1.00 bits per heavy atom. The second-order valence-electron chi connectivity index (χ2n) is 5.17. The van der Waals surface area contributed by atoms with Crippen LogP contribution >= 0.6 is 0 Å². The molecule has 3 nitrogen and oxygen atoms in total. The summed E-state index contributed by atoms with van der Waals surface area (Å²) in [5.41, 5.74) is -0.301. The molecule has 0 radical (unpaired) electrons. The quantitative estimate of drug-likeness (QED) is 0.627. The number of aromatic nitrogens is 2. The lowest BCUT2D eigenvalue weighted by Crippen LogP contribution is -2.05. The largest absolute Gasteiger partial charge is 0.493 e. The molecule has 1 aromatic heterocycles. The number of ether oxygens (including phenoxy) is 1. The third-order valence-electron chi connectivity index (χ3n) is 3.55. The van der Waals surface area contributed by atoms with Gasteiger partial charge in [-0.15, -0.1) is 0 Å². The van der Waals surface area contributed by atoms with Crippen molar-refractivity contribution in [3.63, 3.8) is 0 Å². The molecular weight excluding hydrogens is 336 g/mol. The summed E-state index contributed by atoms with van der Waals surface area (Å²) in [5, 5.41) is 0. The third kappa shape index (κ3) is 3.45. The fourth-order valence-corrected chi connectivity index (χ4v) is 2.34. The van der Waals surface area contributed by atoms with E-state index >= 15 is 0 Å². The Bertz CT molecular complexity index is 910. The summed E-state index contributed by atoms with van der Waals surface area (Å²) in [6.45, 7) is 0. The standard InChI is InChI=1S/C18H12F4N2O/c1-25-15-10-23-17(13-7-2-3-8-14(13)19)24-16(15)11-5-4-6-12(9-11)18(20,21)22/h2-10H,1H3. The highest BCUT2D eigenvalue weighted by atomic mass is 19.4. The molecule has 0 N–H and O–H groups in total. The smallest absolute Gasteiger partial charge is 0.416 e. The highest BCUT2D eigenvalue weighted by Crippen LogP contribution is 2.35. The van der Waals surface area contributed by atoms with Crippen molar-refractivity contribution in [3.8, 4) is 28.4 Å². The van der Waals surface area contributed by atoms with E-state index in [2.05, 4.69) is 9.97 Å². The zero-order valence-corrected chi connectivity index (χ0v) is 13.0. The zero-order chi connectivity index (χ0) is 18.0. The van der Waals surface area contributed by atoms with Crippen LogP contribution in [0, 0.1) is 5.82 Å². The molecule has 0 aliphatic rings. The van der Waals surface area contributed by atoms with Crippen LogP contribution in [-0.2, 0) is 6.18 Å². The van der Waals surface area contributed by atoms with Crippen LogP contribution in [0.25, 0.3) is 22.6 Å². The van der Waals surface area contributed by atoms with Gasteiger partial charge in [0.05, 0.1) is 24.4 Å². The average molecular weight is 348 g/mol. The van der Waals surface area contributed by atoms with E-state index < -0.39 is 17.6 Å². The predicted octanol–water partition coefficient (Wildman–Crippen LogP) is 4.98.